The Balaban J connectivity index is 1.65. The van der Waals surface area contributed by atoms with Crippen molar-refractivity contribution in [3.63, 3.8) is 0 Å². The zero-order chi connectivity index (χ0) is 19.4. The second kappa shape index (κ2) is 7.96. The zero-order valence-electron chi connectivity index (χ0n) is 14.8. The topological polar surface area (TPSA) is 98.1 Å². The molecule has 3 rings (SSSR count). The van der Waals surface area contributed by atoms with E-state index in [4.69, 9.17) is 5.26 Å². The molecular weight excluding hydrogens is 356 g/mol. The summed E-state index contributed by atoms with van der Waals surface area (Å²) in [6.07, 6.45) is 4.27. The number of hydrogen-bond acceptors (Lipinski definition) is 5. The maximum Gasteiger partial charge on any atom is 0.268 e. The minimum absolute atomic E-state index is 0.205. The molecule has 0 aromatic carbocycles. The molecule has 1 aromatic rings. The number of nitriles is 1. The Kier molecular flexibility index (Phi) is 5.65. The number of carbonyl (C=O) groups excluding carboxylic acids is 2. The first-order chi connectivity index (χ1) is 12.9. The lowest BCUT2D eigenvalue weighted by molar-refractivity contribution is -0.131. The highest BCUT2D eigenvalue weighted by Crippen LogP contribution is 2.31. The van der Waals surface area contributed by atoms with Gasteiger partial charge in [0.2, 0.25) is 5.91 Å². The van der Waals surface area contributed by atoms with E-state index in [1.54, 1.807) is 18.3 Å². The van der Waals surface area contributed by atoms with Crippen LogP contribution in [0.2, 0.25) is 0 Å². The maximum atomic E-state index is 13.5. The predicted molar refractivity (Wildman–Crippen MR) is 92.1 cm³/mol. The summed E-state index contributed by atoms with van der Waals surface area (Å²) in [5.74, 6) is -4.01. The first-order valence-corrected chi connectivity index (χ1v) is 8.91. The highest BCUT2D eigenvalue weighted by molar-refractivity contribution is 5.97. The average molecular weight is 377 g/mol. The number of amides is 2. The van der Waals surface area contributed by atoms with Crippen LogP contribution in [0, 0.1) is 11.3 Å². The summed E-state index contributed by atoms with van der Waals surface area (Å²) < 4.78 is 26.9. The van der Waals surface area contributed by atoms with Crippen LogP contribution in [0.3, 0.4) is 0 Å². The number of likely N-dealkylation sites (tertiary alicyclic amines) is 1. The summed E-state index contributed by atoms with van der Waals surface area (Å²) in [5.41, 5.74) is 1.26. The third-order valence-corrected chi connectivity index (χ3v) is 5.01. The molecule has 0 saturated carbocycles. The number of pyridine rings is 1. The standard InChI is InChI=1S/C18H21F2N5O2/c19-18(20)7-13(8-21)25(11-18)16(26)10-24-17(27)14-3-6-23-9-15(14)12-1-4-22-5-2-12/h3,6,9,12-13,22H,1-2,4-5,7,10-11H2,(H,24,27). The van der Waals surface area contributed by atoms with E-state index < -0.39 is 43.3 Å². The zero-order valence-corrected chi connectivity index (χ0v) is 14.8. The monoisotopic (exact) mass is 377 g/mol. The molecule has 2 aliphatic heterocycles. The molecule has 27 heavy (non-hydrogen) atoms. The van der Waals surface area contributed by atoms with Gasteiger partial charge in [0.1, 0.15) is 6.04 Å². The first kappa shape index (κ1) is 19.2. The van der Waals surface area contributed by atoms with Crippen molar-refractivity contribution in [2.75, 3.05) is 26.2 Å². The summed E-state index contributed by atoms with van der Waals surface area (Å²) in [6, 6.07) is 2.15. The minimum Gasteiger partial charge on any atom is -0.343 e. The van der Waals surface area contributed by atoms with Crippen LogP contribution in [0.5, 0.6) is 0 Å². The summed E-state index contributed by atoms with van der Waals surface area (Å²) in [4.78, 5) is 29.7. The van der Waals surface area contributed by atoms with Crippen LogP contribution in [-0.2, 0) is 4.79 Å². The van der Waals surface area contributed by atoms with Gasteiger partial charge in [-0.05, 0) is 43.5 Å². The molecule has 0 radical (unpaired) electrons. The number of aromatic nitrogens is 1. The van der Waals surface area contributed by atoms with Crippen LogP contribution in [0.4, 0.5) is 8.78 Å². The van der Waals surface area contributed by atoms with E-state index in [0.29, 0.717) is 5.56 Å². The summed E-state index contributed by atoms with van der Waals surface area (Å²) >= 11 is 0. The lowest BCUT2D eigenvalue weighted by Gasteiger charge is -2.24. The lowest BCUT2D eigenvalue weighted by atomic mass is 9.88. The number of rotatable bonds is 4. The van der Waals surface area contributed by atoms with Gasteiger partial charge >= 0.3 is 0 Å². The molecule has 3 heterocycles. The normalized spacial score (nSPS) is 22.3. The van der Waals surface area contributed by atoms with Crippen molar-refractivity contribution in [3.8, 4) is 6.07 Å². The molecular formula is C18H21F2N5O2. The Labute approximate surface area is 155 Å². The number of hydrogen-bond donors (Lipinski definition) is 2. The molecule has 2 fully saturated rings. The smallest absolute Gasteiger partial charge is 0.268 e. The molecule has 9 heteroatoms. The van der Waals surface area contributed by atoms with Gasteiger partial charge in [-0.3, -0.25) is 14.6 Å². The largest absolute Gasteiger partial charge is 0.343 e. The number of alkyl halides is 2. The van der Waals surface area contributed by atoms with Gasteiger partial charge < -0.3 is 15.5 Å². The summed E-state index contributed by atoms with van der Waals surface area (Å²) in [6.45, 7) is 0.492. The summed E-state index contributed by atoms with van der Waals surface area (Å²) in [5, 5.41) is 14.7. The van der Waals surface area contributed by atoms with Crippen molar-refractivity contribution < 1.29 is 18.4 Å². The van der Waals surface area contributed by atoms with Gasteiger partial charge in [0.15, 0.2) is 0 Å². The van der Waals surface area contributed by atoms with E-state index in [2.05, 4.69) is 15.6 Å². The van der Waals surface area contributed by atoms with Crippen molar-refractivity contribution in [2.24, 2.45) is 0 Å². The Morgan fingerprint density at radius 2 is 2.15 bits per heavy atom. The molecule has 0 aliphatic carbocycles. The van der Waals surface area contributed by atoms with Gasteiger partial charge in [0, 0.05) is 24.4 Å². The fourth-order valence-electron chi connectivity index (χ4n) is 3.62. The van der Waals surface area contributed by atoms with Gasteiger partial charge in [-0.25, -0.2) is 8.78 Å². The molecule has 7 nitrogen and oxygen atoms in total. The van der Waals surface area contributed by atoms with E-state index in [1.165, 1.54) is 6.20 Å². The Bertz CT molecular complexity index is 758. The third-order valence-electron chi connectivity index (χ3n) is 5.01. The molecule has 2 amide bonds. The fourth-order valence-corrected chi connectivity index (χ4v) is 3.62. The molecule has 1 atom stereocenters. The van der Waals surface area contributed by atoms with E-state index in [0.717, 1.165) is 36.4 Å². The first-order valence-electron chi connectivity index (χ1n) is 8.91. The van der Waals surface area contributed by atoms with Crippen molar-refractivity contribution in [1.82, 2.24) is 20.5 Å². The van der Waals surface area contributed by atoms with Crippen molar-refractivity contribution >= 4 is 11.8 Å². The van der Waals surface area contributed by atoms with Crippen LogP contribution in [0.1, 0.15) is 41.1 Å². The number of carbonyl (C=O) groups is 2. The third kappa shape index (κ3) is 4.39. The Hall–Kier alpha value is -2.60. The molecule has 2 saturated heterocycles. The fraction of sp³-hybridized carbons (Fsp3) is 0.556. The summed E-state index contributed by atoms with van der Waals surface area (Å²) in [7, 11) is 0. The second-order valence-electron chi connectivity index (χ2n) is 6.90. The number of nitrogens with zero attached hydrogens (tertiary/aromatic N) is 3. The second-order valence-corrected chi connectivity index (χ2v) is 6.90. The van der Waals surface area contributed by atoms with Crippen molar-refractivity contribution in [1.29, 1.82) is 5.26 Å². The van der Waals surface area contributed by atoms with Crippen LogP contribution in [0.15, 0.2) is 18.5 Å². The molecule has 144 valence electrons. The van der Waals surface area contributed by atoms with Crippen molar-refractivity contribution in [3.05, 3.63) is 29.6 Å². The van der Waals surface area contributed by atoms with E-state index in [-0.39, 0.29) is 5.92 Å². The average Bonchev–Trinajstić information content (AvgIpc) is 3.01. The van der Waals surface area contributed by atoms with E-state index >= 15 is 0 Å². The maximum absolute atomic E-state index is 13.5. The van der Waals surface area contributed by atoms with Crippen LogP contribution < -0.4 is 10.6 Å². The number of piperidine rings is 1. The van der Waals surface area contributed by atoms with E-state index in [9.17, 15) is 18.4 Å². The highest BCUT2D eigenvalue weighted by atomic mass is 19.3. The van der Waals surface area contributed by atoms with Gasteiger partial charge in [0.05, 0.1) is 19.2 Å². The molecule has 1 aromatic heterocycles. The molecule has 1 unspecified atom stereocenters. The molecule has 0 spiro atoms. The highest BCUT2D eigenvalue weighted by Gasteiger charge is 2.47. The quantitative estimate of drug-likeness (QED) is 0.817. The number of nitrogens with one attached hydrogen (secondary N) is 2. The van der Waals surface area contributed by atoms with Crippen molar-refractivity contribution in [2.45, 2.75) is 37.1 Å². The molecule has 0 bridgehead atoms. The van der Waals surface area contributed by atoms with Crippen LogP contribution >= 0.6 is 0 Å². The van der Waals surface area contributed by atoms with Gasteiger partial charge in [-0.1, -0.05) is 0 Å². The number of halogens is 2. The predicted octanol–water partition coefficient (Wildman–Crippen LogP) is 1.04. The lowest BCUT2D eigenvalue weighted by Crippen LogP contribution is -2.43. The van der Waals surface area contributed by atoms with Gasteiger partial charge in [0.25, 0.3) is 11.8 Å². The van der Waals surface area contributed by atoms with Gasteiger partial charge in [-0.15, -0.1) is 0 Å². The molecule has 2 aliphatic rings. The van der Waals surface area contributed by atoms with Crippen LogP contribution in [-0.4, -0.2) is 59.8 Å². The van der Waals surface area contributed by atoms with Crippen LogP contribution in [0.25, 0.3) is 0 Å². The Morgan fingerprint density at radius 1 is 1.41 bits per heavy atom. The van der Waals surface area contributed by atoms with Gasteiger partial charge in [-0.2, -0.15) is 5.26 Å². The Morgan fingerprint density at radius 3 is 2.85 bits per heavy atom. The molecule has 2 N–H and O–H groups in total. The SMILES string of the molecule is N#CC1CC(F)(F)CN1C(=O)CNC(=O)c1ccncc1C1CCNCC1. The van der Waals surface area contributed by atoms with E-state index in [1.807, 2.05) is 0 Å². The minimum atomic E-state index is -3.08.